The first-order chi connectivity index (χ1) is 16.0. The Hall–Kier alpha value is -3.68. The molecule has 1 heterocycles. The van der Waals surface area contributed by atoms with Crippen molar-refractivity contribution in [1.29, 1.82) is 0 Å². The number of aryl methyl sites for hydroxylation is 1. The molecular formula is C25H20ClN3O3S. The van der Waals surface area contributed by atoms with Crippen molar-refractivity contribution in [1.82, 2.24) is 4.98 Å². The molecule has 0 spiro atoms. The molecule has 0 saturated carbocycles. The summed E-state index contributed by atoms with van der Waals surface area (Å²) >= 11 is 7.40. The van der Waals surface area contributed by atoms with Crippen LogP contribution in [0.3, 0.4) is 0 Å². The van der Waals surface area contributed by atoms with Crippen molar-refractivity contribution in [2.24, 2.45) is 5.10 Å². The van der Waals surface area contributed by atoms with Gasteiger partial charge in [-0.2, -0.15) is 5.10 Å². The van der Waals surface area contributed by atoms with Crippen LogP contribution in [0.25, 0.3) is 11.3 Å². The minimum atomic E-state index is -0.499. The zero-order chi connectivity index (χ0) is 23.2. The summed E-state index contributed by atoms with van der Waals surface area (Å²) in [6.45, 7) is 2.03. The number of hydrogen-bond acceptors (Lipinski definition) is 7. The maximum absolute atomic E-state index is 12.4. The first kappa shape index (κ1) is 22.5. The summed E-state index contributed by atoms with van der Waals surface area (Å²) in [6, 6.07) is 21.7. The van der Waals surface area contributed by atoms with Gasteiger partial charge in [-0.05, 0) is 55.0 Å². The van der Waals surface area contributed by atoms with Gasteiger partial charge in [0.1, 0.15) is 0 Å². The third kappa shape index (κ3) is 5.58. The van der Waals surface area contributed by atoms with Crippen molar-refractivity contribution < 1.29 is 14.3 Å². The zero-order valence-electron chi connectivity index (χ0n) is 17.9. The largest absolute Gasteiger partial charge is 0.493 e. The van der Waals surface area contributed by atoms with E-state index in [0.29, 0.717) is 27.2 Å². The fourth-order valence-corrected chi connectivity index (χ4v) is 3.98. The van der Waals surface area contributed by atoms with E-state index < -0.39 is 5.97 Å². The van der Waals surface area contributed by atoms with E-state index in [-0.39, 0.29) is 0 Å². The Bertz CT molecular complexity index is 1290. The minimum absolute atomic E-state index is 0.311. The molecule has 0 unspecified atom stereocenters. The molecule has 4 rings (SSSR count). The highest BCUT2D eigenvalue weighted by Crippen LogP contribution is 2.31. The number of nitrogens with one attached hydrogen (secondary N) is 1. The summed E-state index contributed by atoms with van der Waals surface area (Å²) in [5.41, 5.74) is 6.14. The molecule has 3 aromatic carbocycles. The zero-order valence-corrected chi connectivity index (χ0v) is 19.5. The number of esters is 1. The van der Waals surface area contributed by atoms with Gasteiger partial charge in [-0.15, -0.1) is 11.3 Å². The number of carbonyl (C=O) groups excluding carboxylic acids is 1. The Balaban J connectivity index is 1.44. The monoisotopic (exact) mass is 477 g/mol. The summed E-state index contributed by atoms with van der Waals surface area (Å²) in [4.78, 5) is 18.1. The average Bonchev–Trinajstić information content (AvgIpc) is 3.21. The van der Waals surface area contributed by atoms with Crippen LogP contribution in [0, 0.1) is 6.92 Å². The fourth-order valence-electron chi connectivity index (χ4n) is 3.06. The van der Waals surface area contributed by atoms with Gasteiger partial charge in [0, 0.05) is 15.5 Å². The summed E-state index contributed by atoms with van der Waals surface area (Å²) < 4.78 is 10.9. The lowest BCUT2D eigenvalue weighted by molar-refractivity contribution is 0.0729. The molecule has 1 aromatic heterocycles. The molecule has 0 atom stereocenters. The second-order valence-electron chi connectivity index (χ2n) is 6.97. The Morgan fingerprint density at radius 1 is 1.06 bits per heavy atom. The fraction of sp³-hybridized carbons (Fsp3) is 0.0800. The molecule has 0 aliphatic rings. The van der Waals surface area contributed by atoms with Gasteiger partial charge in [-0.25, -0.2) is 9.78 Å². The second-order valence-corrected chi connectivity index (χ2v) is 8.61. The van der Waals surface area contributed by atoms with Crippen molar-refractivity contribution in [3.63, 3.8) is 0 Å². The number of methoxy groups -OCH3 is 1. The number of nitrogens with zero attached hydrogens (tertiary/aromatic N) is 2. The highest BCUT2D eigenvalue weighted by molar-refractivity contribution is 7.16. The van der Waals surface area contributed by atoms with Crippen molar-refractivity contribution in [3.8, 4) is 22.8 Å². The number of benzene rings is 3. The van der Waals surface area contributed by atoms with Crippen LogP contribution < -0.4 is 14.9 Å². The predicted octanol–water partition coefficient (Wildman–Crippen LogP) is 6.45. The lowest BCUT2D eigenvalue weighted by Crippen LogP contribution is -2.09. The van der Waals surface area contributed by atoms with Crippen LogP contribution in [0.15, 0.2) is 77.9 Å². The molecule has 8 heteroatoms. The average molecular weight is 478 g/mol. The Kier molecular flexibility index (Phi) is 7.02. The summed E-state index contributed by atoms with van der Waals surface area (Å²) in [6.07, 6.45) is 1.65. The normalized spacial score (nSPS) is 10.9. The number of aromatic nitrogens is 1. The minimum Gasteiger partial charge on any atom is -0.493 e. The second kappa shape index (κ2) is 10.3. The number of thiazole rings is 1. The van der Waals surface area contributed by atoms with Gasteiger partial charge in [0.25, 0.3) is 0 Å². The Morgan fingerprint density at radius 3 is 2.55 bits per heavy atom. The van der Waals surface area contributed by atoms with Crippen LogP contribution in [0.5, 0.6) is 11.5 Å². The molecule has 1 N–H and O–H groups in total. The lowest BCUT2D eigenvalue weighted by atomic mass is 10.1. The summed E-state index contributed by atoms with van der Waals surface area (Å²) in [5, 5.41) is 5.52. The van der Waals surface area contributed by atoms with Crippen molar-refractivity contribution in [2.75, 3.05) is 12.5 Å². The molecule has 0 aliphatic heterocycles. The lowest BCUT2D eigenvalue weighted by Gasteiger charge is -2.10. The maximum atomic E-state index is 12.4. The van der Waals surface area contributed by atoms with Crippen LogP contribution >= 0.6 is 22.9 Å². The predicted molar refractivity (Wildman–Crippen MR) is 133 cm³/mol. The van der Waals surface area contributed by atoms with E-state index in [0.717, 1.165) is 21.7 Å². The van der Waals surface area contributed by atoms with Gasteiger partial charge >= 0.3 is 5.97 Å². The molecule has 33 heavy (non-hydrogen) atoms. The molecule has 166 valence electrons. The molecule has 0 radical (unpaired) electrons. The maximum Gasteiger partial charge on any atom is 0.343 e. The van der Waals surface area contributed by atoms with Crippen LogP contribution in [0.4, 0.5) is 5.13 Å². The molecule has 0 amide bonds. The van der Waals surface area contributed by atoms with E-state index in [2.05, 4.69) is 15.5 Å². The molecule has 0 bridgehead atoms. The standard InChI is InChI=1S/C25H20ClN3O3S/c1-16-23(18-6-4-3-5-7-18)28-25(33-16)29-27-15-17-8-13-21(22(14-17)31-2)32-24(30)19-9-11-20(26)12-10-19/h3-15H,1-2H3,(H,28,29)/b27-15-. The number of hydrogen-bond donors (Lipinski definition) is 1. The highest BCUT2D eigenvalue weighted by Gasteiger charge is 2.13. The van der Waals surface area contributed by atoms with Crippen LogP contribution in [0.1, 0.15) is 20.8 Å². The van der Waals surface area contributed by atoms with E-state index in [9.17, 15) is 4.79 Å². The van der Waals surface area contributed by atoms with E-state index >= 15 is 0 Å². The van der Waals surface area contributed by atoms with E-state index in [1.54, 1.807) is 48.7 Å². The molecule has 0 fully saturated rings. The third-order valence-electron chi connectivity index (χ3n) is 4.69. The summed E-state index contributed by atoms with van der Waals surface area (Å²) in [5.74, 6) is 0.227. The van der Waals surface area contributed by atoms with Gasteiger partial charge < -0.3 is 9.47 Å². The molecular weight excluding hydrogens is 458 g/mol. The third-order valence-corrected chi connectivity index (χ3v) is 5.82. The molecule has 4 aromatic rings. The highest BCUT2D eigenvalue weighted by atomic mass is 35.5. The van der Waals surface area contributed by atoms with E-state index in [1.807, 2.05) is 37.3 Å². The van der Waals surface area contributed by atoms with Crippen molar-refractivity contribution in [2.45, 2.75) is 6.92 Å². The van der Waals surface area contributed by atoms with E-state index in [1.165, 1.54) is 18.4 Å². The SMILES string of the molecule is COc1cc(/C=N\Nc2nc(-c3ccccc3)c(C)s2)ccc1OC(=O)c1ccc(Cl)cc1. The van der Waals surface area contributed by atoms with Crippen molar-refractivity contribution in [3.05, 3.63) is 93.8 Å². The van der Waals surface area contributed by atoms with Gasteiger partial charge in [0.15, 0.2) is 11.5 Å². The number of ether oxygens (including phenoxy) is 2. The topological polar surface area (TPSA) is 72.8 Å². The number of hydrazone groups is 1. The van der Waals surface area contributed by atoms with Gasteiger partial charge in [0.2, 0.25) is 5.13 Å². The van der Waals surface area contributed by atoms with Crippen LogP contribution in [-0.4, -0.2) is 24.3 Å². The number of anilines is 1. The number of halogens is 1. The van der Waals surface area contributed by atoms with E-state index in [4.69, 9.17) is 21.1 Å². The van der Waals surface area contributed by atoms with Crippen molar-refractivity contribution >= 4 is 40.3 Å². The Morgan fingerprint density at radius 2 is 1.82 bits per heavy atom. The number of carbonyl (C=O) groups is 1. The van der Waals surface area contributed by atoms with Gasteiger partial charge in [-0.3, -0.25) is 5.43 Å². The molecule has 0 aliphatic carbocycles. The quantitative estimate of drug-likeness (QED) is 0.143. The van der Waals surface area contributed by atoms with Crippen LogP contribution in [0.2, 0.25) is 5.02 Å². The first-order valence-corrected chi connectivity index (χ1v) is 11.2. The van der Waals surface area contributed by atoms with Gasteiger partial charge in [-0.1, -0.05) is 41.9 Å². The van der Waals surface area contributed by atoms with Crippen LogP contribution in [-0.2, 0) is 0 Å². The molecule has 0 saturated heterocycles. The van der Waals surface area contributed by atoms with Gasteiger partial charge in [0.05, 0.1) is 24.6 Å². The summed E-state index contributed by atoms with van der Waals surface area (Å²) in [7, 11) is 1.51. The number of rotatable bonds is 7. The first-order valence-electron chi connectivity index (χ1n) is 10.0. The smallest absolute Gasteiger partial charge is 0.343 e. The Labute approximate surface area is 200 Å². The molecule has 6 nitrogen and oxygen atoms in total.